The molecule has 0 radical (unpaired) electrons. The maximum Gasteiger partial charge on any atom is 0.225 e. The Hall–Kier alpha value is -2.82. The van der Waals surface area contributed by atoms with Gasteiger partial charge in [-0.2, -0.15) is 0 Å². The van der Waals surface area contributed by atoms with Crippen molar-refractivity contribution in [3.63, 3.8) is 0 Å². The van der Waals surface area contributed by atoms with Crippen LogP contribution in [0, 0.1) is 0 Å². The molecule has 0 aliphatic heterocycles. The second-order valence-corrected chi connectivity index (χ2v) is 7.88. The van der Waals surface area contributed by atoms with Crippen LogP contribution in [0.25, 0.3) is 10.9 Å². The molecule has 2 aromatic carbocycles. The van der Waals surface area contributed by atoms with E-state index in [1.807, 2.05) is 42.5 Å². The molecule has 0 aliphatic carbocycles. The summed E-state index contributed by atoms with van der Waals surface area (Å²) in [6.45, 7) is 7.02. The van der Waals surface area contributed by atoms with Crippen molar-refractivity contribution in [2.24, 2.45) is 0 Å². The second kappa shape index (κ2) is 10.3. The number of hydrogen-bond acceptors (Lipinski definition) is 5. The van der Waals surface area contributed by atoms with Gasteiger partial charge in [0.25, 0.3) is 0 Å². The van der Waals surface area contributed by atoms with E-state index in [1.165, 1.54) is 0 Å². The number of unbranched alkanes of at least 4 members (excludes halogenated alkanes) is 1. The summed E-state index contributed by atoms with van der Waals surface area (Å²) in [5.74, 6) is 1.89. The van der Waals surface area contributed by atoms with Gasteiger partial charge in [-0.1, -0.05) is 57.0 Å². The van der Waals surface area contributed by atoms with Crippen LogP contribution in [0.15, 0.2) is 48.8 Å². The van der Waals surface area contributed by atoms with Crippen molar-refractivity contribution in [3.8, 4) is 17.4 Å². The third-order valence-electron chi connectivity index (χ3n) is 5.30. The molecular weight excluding hydrogens is 376 g/mol. The SMILES string of the molecule is CCCCC(C)(CCC)Oc1ncnc2cc(OCc3ccccc3)c(OC)cc12. The molecule has 3 rings (SSSR count). The normalized spacial score (nSPS) is 13.1. The highest BCUT2D eigenvalue weighted by Crippen LogP contribution is 2.37. The number of rotatable bonds is 11. The summed E-state index contributed by atoms with van der Waals surface area (Å²) >= 11 is 0. The fourth-order valence-electron chi connectivity index (χ4n) is 3.67. The zero-order valence-corrected chi connectivity index (χ0v) is 18.5. The fourth-order valence-corrected chi connectivity index (χ4v) is 3.67. The maximum absolute atomic E-state index is 6.48. The highest BCUT2D eigenvalue weighted by atomic mass is 16.5. The van der Waals surface area contributed by atoms with Crippen LogP contribution in [0.4, 0.5) is 0 Å². The van der Waals surface area contributed by atoms with E-state index in [4.69, 9.17) is 14.2 Å². The monoisotopic (exact) mass is 408 g/mol. The Morgan fingerprint density at radius 1 is 0.933 bits per heavy atom. The van der Waals surface area contributed by atoms with Gasteiger partial charge < -0.3 is 14.2 Å². The molecule has 5 nitrogen and oxygen atoms in total. The van der Waals surface area contributed by atoms with Crippen molar-refractivity contribution in [2.45, 2.75) is 65.1 Å². The van der Waals surface area contributed by atoms with E-state index in [-0.39, 0.29) is 5.60 Å². The molecule has 1 heterocycles. The van der Waals surface area contributed by atoms with Gasteiger partial charge >= 0.3 is 0 Å². The van der Waals surface area contributed by atoms with E-state index in [2.05, 4.69) is 30.7 Å². The van der Waals surface area contributed by atoms with Crippen LogP contribution in [-0.4, -0.2) is 22.7 Å². The first-order valence-electron chi connectivity index (χ1n) is 10.8. The van der Waals surface area contributed by atoms with Gasteiger partial charge in [0, 0.05) is 6.07 Å². The van der Waals surface area contributed by atoms with E-state index in [9.17, 15) is 0 Å². The maximum atomic E-state index is 6.48. The Bertz CT molecular complexity index is 946. The van der Waals surface area contributed by atoms with Crippen LogP contribution >= 0.6 is 0 Å². The van der Waals surface area contributed by atoms with E-state index in [0.717, 1.165) is 48.6 Å². The van der Waals surface area contributed by atoms with E-state index in [1.54, 1.807) is 13.4 Å². The Morgan fingerprint density at radius 3 is 2.43 bits per heavy atom. The molecule has 0 spiro atoms. The van der Waals surface area contributed by atoms with Crippen molar-refractivity contribution in [1.82, 2.24) is 9.97 Å². The van der Waals surface area contributed by atoms with Crippen LogP contribution in [0.3, 0.4) is 0 Å². The first-order valence-corrected chi connectivity index (χ1v) is 10.8. The number of aromatic nitrogens is 2. The molecule has 30 heavy (non-hydrogen) atoms. The number of benzene rings is 2. The summed E-state index contributed by atoms with van der Waals surface area (Å²) in [7, 11) is 1.64. The van der Waals surface area contributed by atoms with Gasteiger partial charge in [0.05, 0.1) is 18.0 Å². The van der Waals surface area contributed by atoms with Crippen molar-refractivity contribution in [3.05, 3.63) is 54.4 Å². The minimum Gasteiger partial charge on any atom is -0.493 e. The summed E-state index contributed by atoms with van der Waals surface area (Å²) in [5, 5.41) is 0.834. The number of hydrogen-bond donors (Lipinski definition) is 0. The predicted octanol–water partition coefficient (Wildman–Crippen LogP) is 6.35. The Balaban J connectivity index is 1.90. The smallest absolute Gasteiger partial charge is 0.225 e. The molecule has 160 valence electrons. The number of methoxy groups -OCH3 is 1. The lowest BCUT2D eigenvalue weighted by Gasteiger charge is -2.30. The third kappa shape index (κ3) is 5.41. The summed E-state index contributed by atoms with van der Waals surface area (Å²) < 4.78 is 18.1. The summed E-state index contributed by atoms with van der Waals surface area (Å²) in [4.78, 5) is 8.90. The predicted molar refractivity (Wildman–Crippen MR) is 120 cm³/mol. The molecule has 0 N–H and O–H groups in total. The Morgan fingerprint density at radius 2 is 1.73 bits per heavy atom. The van der Waals surface area contributed by atoms with E-state index >= 15 is 0 Å². The van der Waals surface area contributed by atoms with Gasteiger partial charge in [-0.25, -0.2) is 9.97 Å². The van der Waals surface area contributed by atoms with Gasteiger partial charge in [0.15, 0.2) is 11.5 Å². The molecular formula is C25H32N2O3. The van der Waals surface area contributed by atoms with Gasteiger partial charge in [0.1, 0.15) is 18.5 Å². The molecule has 0 amide bonds. The minimum atomic E-state index is -0.248. The molecule has 0 saturated heterocycles. The van der Waals surface area contributed by atoms with Crippen molar-refractivity contribution in [2.75, 3.05) is 7.11 Å². The standard InChI is InChI=1S/C25H32N2O3/c1-5-7-14-25(3,13-6-2)30-24-20-15-22(28-4)23(16-21(20)26-18-27-24)29-17-19-11-9-8-10-12-19/h8-12,15-16,18H,5-7,13-14,17H2,1-4H3. The fraction of sp³-hybridized carbons (Fsp3) is 0.440. The van der Waals surface area contributed by atoms with Crippen LogP contribution in [-0.2, 0) is 6.61 Å². The summed E-state index contributed by atoms with van der Waals surface area (Å²) in [6, 6.07) is 13.9. The van der Waals surface area contributed by atoms with Crippen LogP contribution in [0.2, 0.25) is 0 Å². The lowest BCUT2D eigenvalue weighted by molar-refractivity contribution is 0.0631. The second-order valence-electron chi connectivity index (χ2n) is 7.88. The van der Waals surface area contributed by atoms with Crippen molar-refractivity contribution < 1.29 is 14.2 Å². The van der Waals surface area contributed by atoms with Crippen LogP contribution in [0.5, 0.6) is 17.4 Å². The molecule has 3 aromatic rings. The molecule has 0 aliphatic rings. The zero-order valence-electron chi connectivity index (χ0n) is 18.5. The topological polar surface area (TPSA) is 53.5 Å². The van der Waals surface area contributed by atoms with Gasteiger partial charge in [0.2, 0.25) is 5.88 Å². The molecule has 1 atom stereocenters. The number of fused-ring (bicyclic) bond motifs is 1. The molecule has 0 fully saturated rings. The lowest BCUT2D eigenvalue weighted by Crippen LogP contribution is -2.32. The average Bonchev–Trinajstić information content (AvgIpc) is 2.77. The van der Waals surface area contributed by atoms with Crippen LogP contribution < -0.4 is 14.2 Å². The molecule has 0 bridgehead atoms. The Labute approximate surface area is 179 Å². The minimum absolute atomic E-state index is 0.248. The van der Waals surface area contributed by atoms with Gasteiger partial charge in [-0.3, -0.25) is 0 Å². The average molecular weight is 409 g/mol. The first kappa shape index (κ1) is 21.9. The van der Waals surface area contributed by atoms with Crippen molar-refractivity contribution >= 4 is 10.9 Å². The molecule has 1 unspecified atom stereocenters. The van der Waals surface area contributed by atoms with Crippen molar-refractivity contribution in [1.29, 1.82) is 0 Å². The number of nitrogens with zero attached hydrogens (tertiary/aromatic N) is 2. The quantitative estimate of drug-likeness (QED) is 0.370. The molecule has 1 aromatic heterocycles. The lowest BCUT2D eigenvalue weighted by atomic mass is 9.93. The molecule has 0 saturated carbocycles. The summed E-state index contributed by atoms with van der Waals surface area (Å²) in [5.41, 5.74) is 1.62. The van der Waals surface area contributed by atoms with E-state index in [0.29, 0.717) is 24.0 Å². The van der Waals surface area contributed by atoms with Crippen LogP contribution in [0.1, 0.15) is 58.4 Å². The Kier molecular flexibility index (Phi) is 7.50. The highest BCUT2D eigenvalue weighted by Gasteiger charge is 2.26. The van der Waals surface area contributed by atoms with Gasteiger partial charge in [-0.15, -0.1) is 0 Å². The van der Waals surface area contributed by atoms with Gasteiger partial charge in [-0.05, 0) is 37.8 Å². The first-order chi connectivity index (χ1) is 14.6. The highest BCUT2D eigenvalue weighted by molar-refractivity contribution is 5.86. The number of ether oxygens (including phenoxy) is 3. The molecule has 5 heteroatoms. The third-order valence-corrected chi connectivity index (χ3v) is 5.30. The zero-order chi connectivity index (χ0) is 21.4. The van der Waals surface area contributed by atoms with E-state index < -0.39 is 0 Å². The summed E-state index contributed by atoms with van der Waals surface area (Å²) in [6.07, 6.45) is 6.86. The largest absolute Gasteiger partial charge is 0.493 e.